The Morgan fingerprint density at radius 3 is 1.83 bits per heavy atom. The third-order valence-corrected chi connectivity index (χ3v) is 15.1. The summed E-state index contributed by atoms with van der Waals surface area (Å²) in [5, 5.41) is 4.70. The number of benzene rings is 11. The van der Waals surface area contributed by atoms with Crippen molar-refractivity contribution in [2.45, 2.75) is 11.8 Å². The second kappa shape index (κ2) is 17.0. The normalized spacial score (nSPS) is 13.0. The van der Waals surface area contributed by atoms with Crippen LogP contribution in [0.1, 0.15) is 38.9 Å². The average Bonchev–Trinajstić information content (AvgIpc) is 4.09. The van der Waals surface area contributed by atoms with E-state index in [1.165, 1.54) is 99.7 Å². The van der Waals surface area contributed by atoms with Crippen LogP contribution in [0.2, 0.25) is 0 Å². The summed E-state index contributed by atoms with van der Waals surface area (Å²) in [7, 11) is 0. The molecule has 0 aliphatic heterocycles. The molecule has 0 saturated carbocycles. The van der Waals surface area contributed by atoms with Gasteiger partial charge in [0.2, 0.25) is 0 Å². The fourth-order valence-electron chi connectivity index (χ4n) is 12.0. The van der Waals surface area contributed by atoms with E-state index in [9.17, 15) is 0 Å². The predicted octanol–water partition coefficient (Wildman–Crippen LogP) is 18.2. The first-order valence-corrected chi connectivity index (χ1v) is 24.9. The molecule has 0 saturated heterocycles. The maximum Gasteiger partial charge on any atom is 0.135 e. The van der Waals surface area contributed by atoms with E-state index in [4.69, 9.17) is 4.42 Å². The third kappa shape index (κ3) is 6.72. The van der Waals surface area contributed by atoms with Crippen molar-refractivity contribution in [2.75, 3.05) is 0 Å². The zero-order chi connectivity index (χ0) is 47.6. The van der Waals surface area contributed by atoms with Crippen molar-refractivity contribution in [1.82, 2.24) is 4.57 Å². The molecule has 0 N–H and O–H groups in total. The second-order valence-corrected chi connectivity index (χ2v) is 19.2. The summed E-state index contributed by atoms with van der Waals surface area (Å²) in [5.41, 5.74) is 22.3. The van der Waals surface area contributed by atoms with Crippen LogP contribution in [-0.2, 0) is 11.8 Å². The van der Waals surface area contributed by atoms with Crippen molar-refractivity contribution in [2.24, 2.45) is 0 Å². The van der Waals surface area contributed by atoms with Crippen LogP contribution in [0.25, 0.3) is 94.5 Å². The molecule has 0 bridgehead atoms. The fourth-order valence-corrected chi connectivity index (χ4v) is 12.0. The molecule has 0 spiro atoms. The lowest BCUT2D eigenvalue weighted by molar-refractivity contribution is 0.669. The van der Waals surface area contributed by atoms with E-state index in [1.807, 2.05) is 12.1 Å². The number of hydrogen-bond acceptors (Lipinski definition) is 1. The third-order valence-electron chi connectivity index (χ3n) is 15.1. The maximum absolute atomic E-state index is 6.23. The number of furan rings is 1. The number of aromatic nitrogens is 1. The van der Waals surface area contributed by atoms with Crippen LogP contribution >= 0.6 is 0 Å². The first-order chi connectivity index (χ1) is 35.7. The molecule has 11 aromatic carbocycles. The Morgan fingerprint density at radius 1 is 0.389 bits per heavy atom. The molecule has 0 unspecified atom stereocenters. The molecule has 2 heterocycles. The average molecular weight is 918 g/mol. The van der Waals surface area contributed by atoms with Crippen LogP contribution in [0.3, 0.4) is 0 Å². The molecule has 13 aromatic rings. The van der Waals surface area contributed by atoms with Gasteiger partial charge in [-0.1, -0.05) is 224 Å². The maximum atomic E-state index is 6.23. The summed E-state index contributed by atoms with van der Waals surface area (Å²) >= 11 is 0. The molecular weight excluding hydrogens is 871 g/mol. The van der Waals surface area contributed by atoms with Crippen LogP contribution in [0.5, 0.6) is 0 Å². The molecule has 2 heteroatoms. The standard InChI is InChI=1S/C70H47NO/c1-4-19-47(20-5-1)41-52(42-48-35-38-59-58-29-12-15-32-64(58)70(65(59)43-48,53-23-6-2-7-24-53)54-25-8-3-9-26-54)57-28-11-10-27-56(57)51-22-18-21-49(44-51)50-36-39-67-62(45-50)60-30-13-16-33-66(60)71(67)55-37-40-69-63(46-55)61-31-14-17-34-68(61)72-69/h1-41,43-46H,42H2/b52-41-. The molecule has 72 heavy (non-hydrogen) atoms. The predicted molar refractivity (Wildman–Crippen MR) is 301 cm³/mol. The van der Waals surface area contributed by atoms with Crippen LogP contribution in [0.15, 0.2) is 271 Å². The summed E-state index contributed by atoms with van der Waals surface area (Å²) in [6, 6.07) is 97.9. The number of rotatable bonds is 9. The number of hydrogen-bond donors (Lipinski definition) is 0. The number of nitrogens with zero attached hydrogens (tertiary/aromatic N) is 1. The molecule has 338 valence electrons. The lowest BCUT2D eigenvalue weighted by atomic mass is 9.67. The van der Waals surface area contributed by atoms with Gasteiger partial charge in [-0.25, -0.2) is 0 Å². The van der Waals surface area contributed by atoms with Crippen LogP contribution in [-0.4, -0.2) is 4.57 Å². The molecule has 2 aromatic heterocycles. The first kappa shape index (κ1) is 41.7. The Labute approximate surface area is 419 Å². The van der Waals surface area contributed by atoms with Crippen LogP contribution in [0, 0.1) is 0 Å². The minimum atomic E-state index is -0.464. The topological polar surface area (TPSA) is 18.1 Å². The number of fused-ring (bicyclic) bond motifs is 9. The lowest BCUT2D eigenvalue weighted by Crippen LogP contribution is -2.28. The van der Waals surface area contributed by atoms with Gasteiger partial charge in [-0.05, 0) is 133 Å². The Balaban J connectivity index is 0.874. The smallest absolute Gasteiger partial charge is 0.135 e. The molecule has 0 fully saturated rings. The van der Waals surface area contributed by atoms with E-state index in [2.05, 4.69) is 265 Å². The van der Waals surface area contributed by atoms with E-state index in [1.54, 1.807) is 0 Å². The van der Waals surface area contributed by atoms with Gasteiger partial charge < -0.3 is 8.98 Å². The molecule has 0 atom stereocenters. The molecule has 0 amide bonds. The van der Waals surface area contributed by atoms with E-state index in [0.717, 1.165) is 34.0 Å². The number of allylic oxidation sites excluding steroid dienone is 1. The number of para-hydroxylation sites is 2. The Bertz CT molecular complexity index is 4190. The fraction of sp³-hybridized carbons (Fsp3) is 0.0286. The molecule has 14 rings (SSSR count). The second-order valence-electron chi connectivity index (χ2n) is 19.2. The highest BCUT2D eigenvalue weighted by Gasteiger charge is 2.46. The van der Waals surface area contributed by atoms with Gasteiger partial charge in [-0.3, -0.25) is 0 Å². The zero-order valence-corrected chi connectivity index (χ0v) is 39.5. The van der Waals surface area contributed by atoms with Crippen molar-refractivity contribution in [3.63, 3.8) is 0 Å². The SMILES string of the molecule is C(=C(\Cc1ccc2c(c1)C(c1ccccc1)(c1ccccc1)c1ccccc1-2)c1ccccc1-c1cccc(-c2ccc3c(c2)c2ccccc2n3-c2ccc3oc4ccccc4c3c2)c1)/c1ccccc1. The van der Waals surface area contributed by atoms with Gasteiger partial charge in [0.1, 0.15) is 11.2 Å². The molecule has 1 aliphatic carbocycles. The summed E-state index contributed by atoms with van der Waals surface area (Å²) in [6.07, 6.45) is 3.14. The van der Waals surface area contributed by atoms with Gasteiger partial charge in [0.05, 0.1) is 16.4 Å². The van der Waals surface area contributed by atoms with Gasteiger partial charge in [-0.2, -0.15) is 0 Å². The van der Waals surface area contributed by atoms with Crippen molar-refractivity contribution in [1.29, 1.82) is 0 Å². The largest absolute Gasteiger partial charge is 0.456 e. The van der Waals surface area contributed by atoms with Crippen LogP contribution in [0.4, 0.5) is 0 Å². The van der Waals surface area contributed by atoms with E-state index >= 15 is 0 Å². The Hall–Kier alpha value is -9.24. The van der Waals surface area contributed by atoms with Gasteiger partial charge >= 0.3 is 0 Å². The van der Waals surface area contributed by atoms with Crippen molar-refractivity contribution in [3.05, 3.63) is 306 Å². The molecule has 0 radical (unpaired) electrons. The van der Waals surface area contributed by atoms with Crippen molar-refractivity contribution in [3.8, 4) is 39.1 Å². The highest BCUT2D eigenvalue weighted by Crippen LogP contribution is 2.56. The van der Waals surface area contributed by atoms with Gasteiger partial charge in [0.25, 0.3) is 0 Å². The van der Waals surface area contributed by atoms with Gasteiger partial charge in [0.15, 0.2) is 0 Å². The lowest BCUT2D eigenvalue weighted by Gasteiger charge is -2.34. The summed E-state index contributed by atoms with van der Waals surface area (Å²) in [5.74, 6) is 0. The summed E-state index contributed by atoms with van der Waals surface area (Å²) in [4.78, 5) is 0. The van der Waals surface area contributed by atoms with Gasteiger partial charge in [0, 0.05) is 27.2 Å². The first-order valence-electron chi connectivity index (χ1n) is 24.9. The Morgan fingerprint density at radius 2 is 1.01 bits per heavy atom. The van der Waals surface area contributed by atoms with Gasteiger partial charge in [-0.15, -0.1) is 0 Å². The molecule has 1 aliphatic rings. The van der Waals surface area contributed by atoms with E-state index in [-0.39, 0.29) is 0 Å². The highest BCUT2D eigenvalue weighted by atomic mass is 16.3. The van der Waals surface area contributed by atoms with Crippen LogP contribution < -0.4 is 0 Å². The minimum Gasteiger partial charge on any atom is -0.456 e. The quantitative estimate of drug-likeness (QED) is 0.132. The van der Waals surface area contributed by atoms with E-state index in [0.29, 0.717) is 0 Å². The van der Waals surface area contributed by atoms with E-state index < -0.39 is 5.41 Å². The summed E-state index contributed by atoms with van der Waals surface area (Å²) in [6.45, 7) is 0. The molecular formula is C70H47NO. The monoisotopic (exact) mass is 917 g/mol. The Kier molecular flexibility index (Phi) is 9.86. The highest BCUT2D eigenvalue weighted by molar-refractivity contribution is 6.11. The molecule has 2 nitrogen and oxygen atoms in total. The zero-order valence-electron chi connectivity index (χ0n) is 39.5. The summed E-state index contributed by atoms with van der Waals surface area (Å²) < 4.78 is 8.62. The van der Waals surface area contributed by atoms with Crippen molar-refractivity contribution < 1.29 is 4.42 Å². The van der Waals surface area contributed by atoms with Crippen molar-refractivity contribution >= 4 is 55.4 Å². The minimum absolute atomic E-state index is 0.464.